The van der Waals surface area contributed by atoms with Crippen molar-refractivity contribution in [3.63, 3.8) is 0 Å². The zero-order chi connectivity index (χ0) is 23.7. The van der Waals surface area contributed by atoms with Crippen molar-refractivity contribution in [1.82, 2.24) is 9.55 Å². The van der Waals surface area contributed by atoms with E-state index in [9.17, 15) is 13.2 Å². The van der Waals surface area contributed by atoms with E-state index in [-0.39, 0.29) is 16.6 Å². The van der Waals surface area contributed by atoms with Crippen LogP contribution in [0.15, 0.2) is 105 Å². The molecule has 2 heterocycles. The van der Waals surface area contributed by atoms with Gasteiger partial charge in [0.15, 0.2) is 11.0 Å². The van der Waals surface area contributed by atoms with Crippen LogP contribution in [0.3, 0.4) is 0 Å². The predicted molar refractivity (Wildman–Crippen MR) is 132 cm³/mol. The standard InChI is InChI=1S/C24H19N5O3S2/c1-29-15-14-25-24(29)33-19-12-10-18(11-13-19)27-23(30)16-6-8-17(9-7-16)26-22-20-4-2-3-5-21(20)34(31,32)28-22/h2-15H,1H3,(H,26,28)(H,27,30). The van der Waals surface area contributed by atoms with E-state index in [0.717, 1.165) is 10.1 Å². The highest BCUT2D eigenvalue weighted by atomic mass is 32.2. The molecule has 4 aromatic rings. The first kappa shape index (κ1) is 21.9. The number of nitrogens with one attached hydrogen (secondary N) is 2. The number of nitrogens with zero attached hydrogens (tertiary/aromatic N) is 3. The SMILES string of the molecule is Cn1ccnc1Sc1ccc(NC(=O)c2ccc(NC3=NS(=O)(=O)c4ccccc43)cc2)cc1. The summed E-state index contributed by atoms with van der Waals surface area (Å²) in [5.41, 5.74) is 2.30. The maximum absolute atomic E-state index is 12.7. The van der Waals surface area contributed by atoms with Crippen molar-refractivity contribution in [2.75, 3.05) is 10.6 Å². The van der Waals surface area contributed by atoms with E-state index in [1.165, 1.54) is 17.8 Å². The molecule has 0 aliphatic carbocycles. The third-order valence-electron chi connectivity index (χ3n) is 5.14. The van der Waals surface area contributed by atoms with Gasteiger partial charge in [-0.15, -0.1) is 4.40 Å². The molecule has 5 rings (SSSR count). The molecule has 1 aromatic heterocycles. The molecule has 34 heavy (non-hydrogen) atoms. The highest BCUT2D eigenvalue weighted by Gasteiger charge is 2.28. The van der Waals surface area contributed by atoms with E-state index in [1.54, 1.807) is 48.7 Å². The van der Waals surface area contributed by atoms with Crippen LogP contribution in [0, 0.1) is 0 Å². The number of rotatable bonds is 5. The number of sulfonamides is 1. The molecule has 170 valence electrons. The summed E-state index contributed by atoms with van der Waals surface area (Å²) in [5.74, 6) is 0.0125. The normalized spacial score (nSPS) is 13.7. The van der Waals surface area contributed by atoms with Gasteiger partial charge < -0.3 is 15.2 Å². The van der Waals surface area contributed by atoms with Crippen LogP contribution in [0.4, 0.5) is 11.4 Å². The maximum atomic E-state index is 12.7. The van der Waals surface area contributed by atoms with Gasteiger partial charge in [-0.05, 0) is 60.7 Å². The fourth-order valence-electron chi connectivity index (χ4n) is 3.40. The first-order valence-electron chi connectivity index (χ1n) is 10.3. The summed E-state index contributed by atoms with van der Waals surface area (Å²) in [6.07, 6.45) is 3.64. The molecule has 0 atom stereocenters. The van der Waals surface area contributed by atoms with Crippen molar-refractivity contribution in [3.05, 3.63) is 96.3 Å². The number of amides is 1. The minimum atomic E-state index is -3.70. The minimum Gasteiger partial charge on any atom is -0.339 e. The Kier molecular flexibility index (Phi) is 5.68. The molecule has 3 aromatic carbocycles. The molecule has 0 spiro atoms. The van der Waals surface area contributed by atoms with Crippen LogP contribution in [0.1, 0.15) is 15.9 Å². The van der Waals surface area contributed by atoms with Crippen LogP contribution in [0.5, 0.6) is 0 Å². The van der Waals surface area contributed by atoms with Gasteiger partial charge in [-0.1, -0.05) is 23.9 Å². The van der Waals surface area contributed by atoms with Crippen molar-refractivity contribution in [2.45, 2.75) is 14.9 Å². The van der Waals surface area contributed by atoms with Crippen molar-refractivity contribution < 1.29 is 13.2 Å². The number of hydrogen-bond acceptors (Lipinski definition) is 6. The fraction of sp³-hybridized carbons (Fsp3) is 0.0417. The summed E-state index contributed by atoms with van der Waals surface area (Å²) in [4.78, 5) is 18.1. The zero-order valence-electron chi connectivity index (χ0n) is 18.0. The van der Waals surface area contributed by atoms with Crippen LogP contribution in [0.2, 0.25) is 0 Å². The van der Waals surface area contributed by atoms with Gasteiger partial charge in [0, 0.05) is 46.8 Å². The number of amidine groups is 1. The van der Waals surface area contributed by atoms with Crippen molar-refractivity contribution in [1.29, 1.82) is 0 Å². The number of carbonyl (C=O) groups is 1. The average molecular weight is 490 g/mol. The van der Waals surface area contributed by atoms with E-state index in [2.05, 4.69) is 20.0 Å². The number of aromatic nitrogens is 2. The van der Waals surface area contributed by atoms with Crippen LogP contribution < -0.4 is 10.6 Å². The smallest absolute Gasteiger partial charge is 0.285 e. The van der Waals surface area contributed by atoms with Crippen LogP contribution in [0.25, 0.3) is 0 Å². The molecule has 1 amide bonds. The van der Waals surface area contributed by atoms with E-state index in [4.69, 9.17) is 0 Å². The molecule has 0 unspecified atom stereocenters. The Hall–Kier alpha value is -3.89. The molecule has 8 nitrogen and oxygen atoms in total. The Morgan fingerprint density at radius 3 is 2.35 bits per heavy atom. The molecule has 2 N–H and O–H groups in total. The minimum absolute atomic E-state index is 0.179. The summed E-state index contributed by atoms with van der Waals surface area (Å²) in [6.45, 7) is 0. The van der Waals surface area contributed by atoms with Gasteiger partial charge in [-0.2, -0.15) is 8.42 Å². The van der Waals surface area contributed by atoms with Crippen molar-refractivity contribution in [3.8, 4) is 0 Å². The predicted octanol–water partition coefficient (Wildman–Crippen LogP) is 4.38. The van der Waals surface area contributed by atoms with E-state index >= 15 is 0 Å². The molecular formula is C24H19N5O3S2. The van der Waals surface area contributed by atoms with Crippen molar-refractivity contribution >= 4 is 44.9 Å². The zero-order valence-corrected chi connectivity index (χ0v) is 19.6. The first-order chi connectivity index (χ1) is 16.4. The Balaban J connectivity index is 1.24. The van der Waals surface area contributed by atoms with Crippen LogP contribution in [-0.4, -0.2) is 29.7 Å². The lowest BCUT2D eigenvalue weighted by Crippen LogP contribution is -2.13. The second kappa shape index (κ2) is 8.81. The number of imidazole rings is 1. The number of benzene rings is 3. The lowest BCUT2D eigenvalue weighted by atomic mass is 10.1. The average Bonchev–Trinajstić information content (AvgIpc) is 3.35. The second-order valence-electron chi connectivity index (χ2n) is 7.51. The fourth-order valence-corrected chi connectivity index (χ4v) is 5.38. The van der Waals surface area contributed by atoms with E-state index in [0.29, 0.717) is 22.5 Å². The van der Waals surface area contributed by atoms with Crippen molar-refractivity contribution in [2.24, 2.45) is 11.4 Å². The van der Waals surface area contributed by atoms with E-state index < -0.39 is 10.0 Å². The number of anilines is 2. The van der Waals surface area contributed by atoms with Gasteiger partial charge in [0.2, 0.25) is 0 Å². The van der Waals surface area contributed by atoms with Gasteiger partial charge in [0.25, 0.3) is 15.9 Å². The molecule has 0 saturated heterocycles. The highest BCUT2D eigenvalue weighted by molar-refractivity contribution is 7.99. The Bertz CT molecular complexity index is 1510. The van der Waals surface area contributed by atoms with Gasteiger partial charge >= 0.3 is 0 Å². The highest BCUT2D eigenvalue weighted by Crippen LogP contribution is 2.28. The summed E-state index contributed by atoms with van der Waals surface area (Å²) in [7, 11) is -1.76. The largest absolute Gasteiger partial charge is 0.339 e. The van der Waals surface area contributed by atoms with Gasteiger partial charge in [-0.3, -0.25) is 4.79 Å². The lowest BCUT2D eigenvalue weighted by Gasteiger charge is -2.09. The molecule has 0 saturated carbocycles. The second-order valence-corrected chi connectivity index (χ2v) is 10.1. The number of fused-ring (bicyclic) bond motifs is 1. The number of hydrogen-bond donors (Lipinski definition) is 2. The molecule has 1 aliphatic heterocycles. The number of aryl methyl sites for hydroxylation is 1. The number of carbonyl (C=O) groups excluding carboxylic acids is 1. The van der Waals surface area contributed by atoms with Crippen LogP contribution >= 0.6 is 11.8 Å². The molecule has 10 heteroatoms. The third-order valence-corrected chi connectivity index (χ3v) is 7.56. The Morgan fingerprint density at radius 1 is 0.941 bits per heavy atom. The first-order valence-corrected chi connectivity index (χ1v) is 12.5. The van der Waals surface area contributed by atoms with Gasteiger partial charge in [-0.25, -0.2) is 4.98 Å². The summed E-state index contributed by atoms with van der Waals surface area (Å²) in [6, 6.07) is 20.9. The summed E-state index contributed by atoms with van der Waals surface area (Å²) >= 11 is 1.54. The topological polar surface area (TPSA) is 105 Å². The molecule has 0 fully saturated rings. The lowest BCUT2D eigenvalue weighted by molar-refractivity contribution is 0.102. The summed E-state index contributed by atoms with van der Waals surface area (Å²) in [5, 5.41) is 6.79. The Morgan fingerprint density at radius 2 is 1.65 bits per heavy atom. The molecule has 0 bridgehead atoms. The third kappa shape index (κ3) is 4.45. The van der Waals surface area contributed by atoms with E-state index in [1.807, 2.05) is 42.1 Å². The van der Waals surface area contributed by atoms with Crippen LogP contribution in [-0.2, 0) is 17.1 Å². The monoisotopic (exact) mass is 489 g/mol. The molecular weight excluding hydrogens is 470 g/mol. The van der Waals surface area contributed by atoms with Gasteiger partial charge in [0.1, 0.15) is 4.90 Å². The van der Waals surface area contributed by atoms with Gasteiger partial charge in [0.05, 0.1) is 0 Å². The summed E-state index contributed by atoms with van der Waals surface area (Å²) < 4.78 is 30.2. The quantitative estimate of drug-likeness (QED) is 0.431. The molecule has 0 radical (unpaired) electrons. The molecule has 1 aliphatic rings. The Labute approximate surface area is 200 Å². The maximum Gasteiger partial charge on any atom is 0.285 e.